The first-order chi connectivity index (χ1) is 11.5. The number of aromatic nitrogens is 3. The summed E-state index contributed by atoms with van der Waals surface area (Å²) in [6.07, 6.45) is 6.94. The Hall–Kier alpha value is -2.43. The molecular weight excluding hydrogens is 300 g/mol. The van der Waals surface area contributed by atoms with E-state index in [4.69, 9.17) is 0 Å². The molecule has 1 heterocycles. The molecule has 126 valence electrons. The molecule has 1 amide bonds. The Kier molecular flexibility index (Phi) is 4.79. The van der Waals surface area contributed by atoms with Gasteiger partial charge in [-0.1, -0.05) is 23.8 Å². The Morgan fingerprint density at radius 3 is 2.83 bits per heavy atom. The molecule has 0 fully saturated rings. The number of aryl methyl sites for hydroxylation is 2. The molecular formula is C19H24N4O. The standard InChI is InChI=1S/C19H24N4O/c1-13(15-8-5-4-6-9-15)20-19(24)17-11-7-10-16(12-17)18-21-14(2)22-23(18)3/h7-8,10-13H,4-6,9H2,1-3H3,(H,20,24). The zero-order chi connectivity index (χ0) is 17.1. The van der Waals surface area contributed by atoms with Gasteiger partial charge in [-0.15, -0.1) is 0 Å². The van der Waals surface area contributed by atoms with Gasteiger partial charge < -0.3 is 5.32 Å². The number of amides is 1. The lowest BCUT2D eigenvalue weighted by atomic mass is 9.94. The highest BCUT2D eigenvalue weighted by Gasteiger charge is 2.16. The van der Waals surface area contributed by atoms with Crippen LogP contribution >= 0.6 is 0 Å². The van der Waals surface area contributed by atoms with E-state index >= 15 is 0 Å². The number of nitrogens with one attached hydrogen (secondary N) is 1. The van der Waals surface area contributed by atoms with Gasteiger partial charge in [0.25, 0.3) is 5.91 Å². The predicted octanol–water partition coefficient (Wildman–Crippen LogP) is 3.41. The second kappa shape index (κ2) is 6.99. The van der Waals surface area contributed by atoms with Gasteiger partial charge in [0, 0.05) is 24.2 Å². The van der Waals surface area contributed by atoms with Crippen molar-refractivity contribution in [3.05, 3.63) is 47.3 Å². The van der Waals surface area contributed by atoms with Crippen LogP contribution in [0.2, 0.25) is 0 Å². The van der Waals surface area contributed by atoms with Crippen LogP contribution in [0.3, 0.4) is 0 Å². The number of carbonyl (C=O) groups excluding carboxylic acids is 1. The van der Waals surface area contributed by atoms with Gasteiger partial charge in [-0.2, -0.15) is 5.10 Å². The fourth-order valence-electron chi connectivity index (χ4n) is 3.19. The molecule has 0 aliphatic heterocycles. The number of allylic oxidation sites excluding steroid dienone is 1. The van der Waals surface area contributed by atoms with Gasteiger partial charge in [0.05, 0.1) is 0 Å². The maximum atomic E-state index is 12.6. The fourth-order valence-corrected chi connectivity index (χ4v) is 3.19. The lowest BCUT2D eigenvalue weighted by Crippen LogP contribution is -2.34. The lowest BCUT2D eigenvalue weighted by molar-refractivity contribution is 0.0944. The van der Waals surface area contributed by atoms with E-state index in [1.54, 1.807) is 4.68 Å². The molecule has 3 rings (SSSR count). The van der Waals surface area contributed by atoms with Crippen molar-refractivity contribution >= 4 is 5.91 Å². The van der Waals surface area contributed by atoms with Crippen molar-refractivity contribution in [2.75, 3.05) is 0 Å². The van der Waals surface area contributed by atoms with Crippen molar-refractivity contribution in [3.63, 3.8) is 0 Å². The van der Waals surface area contributed by atoms with Crippen LogP contribution in [0.4, 0.5) is 0 Å². The molecule has 1 atom stereocenters. The molecule has 1 unspecified atom stereocenters. The summed E-state index contributed by atoms with van der Waals surface area (Å²) in [7, 11) is 1.86. The van der Waals surface area contributed by atoms with Crippen LogP contribution in [0.25, 0.3) is 11.4 Å². The van der Waals surface area contributed by atoms with Crippen LogP contribution in [-0.4, -0.2) is 26.7 Å². The van der Waals surface area contributed by atoms with E-state index in [1.807, 2.05) is 38.2 Å². The van der Waals surface area contributed by atoms with E-state index < -0.39 is 0 Å². The summed E-state index contributed by atoms with van der Waals surface area (Å²) in [5.41, 5.74) is 2.89. The van der Waals surface area contributed by atoms with Crippen molar-refractivity contribution in [2.45, 2.75) is 45.6 Å². The third kappa shape index (κ3) is 3.55. The molecule has 1 aliphatic carbocycles. The van der Waals surface area contributed by atoms with Crippen molar-refractivity contribution in [2.24, 2.45) is 7.05 Å². The van der Waals surface area contributed by atoms with Crippen molar-refractivity contribution < 1.29 is 4.79 Å². The van der Waals surface area contributed by atoms with Crippen LogP contribution < -0.4 is 5.32 Å². The first kappa shape index (κ1) is 16.4. The summed E-state index contributed by atoms with van der Waals surface area (Å²) < 4.78 is 1.74. The zero-order valence-electron chi connectivity index (χ0n) is 14.5. The third-order valence-electron chi connectivity index (χ3n) is 4.48. The molecule has 5 nitrogen and oxygen atoms in total. The molecule has 1 aliphatic rings. The minimum Gasteiger partial charge on any atom is -0.346 e. The van der Waals surface area contributed by atoms with E-state index in [1.165, 1.54) is 18.4 Å². The molecule has 1 N–H and O–H groups in total. The Balaban J connectivity index is 1.77. The quantitative estimate of drug-likeness (QED) is 0.877. The Labute approximate surface area is 142 Å². The minimum atomic E-state index is -0.0466. The van der Waals surface area contributed by atoms with Gasteiger partial charge in [-0.05, 0) is 51.7 Å². The van der Waals surface area contributed by atoms with Gasteiger partial charge in [0.1, 0.15) is 5.82 Å². The van der Waals surface area contributed by atoms with Crippen LogP contribution in [0, 0.1) is 6.92 Å². The highest BCUT2D eigenvalue weighted by molar-refractivity contribution is 5.95. The topological polar surface area (TPSA) is 59.8 Å². The molecule has 0 saturated carbocycles. The summed E-state index contributed by atoms with van der Waals surface area (Å²) >= 11 is 0. The summed E-state index contributed by atoms with van der Waals surface area (Å²) in [6.45, 7) is 3.92. The van der Waals surface area contributed by atoms with Crippen LogP contribution in [0.5, 0.6) is 0 Å². The molecule has 2 aromatic rings. The first-order valence-corrected chi connectivity index (χ1v) is 8.52. The molecule has 0 bridgehead atoms. The number of nitrogens with zero attached hydrogens (tertiary/aromatic N) is 3. The highest BCUT2D eigenvalue weighted by Crippen LogP contribution is 2.21. The molecule has 0 saturated heterocycles. The Morgan fingerprint density at radius 1 is 1.33 bits per heavy atom. The third-order valence-corrected chi connectivity index (χ3v) is 4.48. The largest absolute Gasteiger partial charge is 0.346 e. The van der Waals surface area contributed by atoms with E-state index in [0.717, 1.165) is 30.1 Å². The Morgan fingerprint density at radius 2 is 2.17 bits per heavy atom. The van der Waals surface area contributed by atoms with Gasteiger partial charge in [-0.25, -0.2) is 9.67 Å². The van der Waals surface area contributed by atoms with Crippen LogP contribution in [0.15, 0.2) is 35.9 Å². The van der Waals surface area contributed by atoms with E-state index in [2.05, 4.69) is 28.4 Å². The van der Waals surface area contributed by atoms with Crippen molar-refractivity contribution in [1.82, 2.24) is 20.1 Å². The maximum absolute atomic E-state index is 12.6. The predicted molar refractivity (Wildman–Crippen MR) is 94.7 cm³/mol. The van der Waals surface area contributed by atoms with Gasteiger partial charge in [0.15, 0.2) is 5.82 Å². The molecule has 1 aromatic carbocycles. The normalized spacial score (nSPS) is 15.7. The monoisotopic (exact) mass is 324 g/mol. The zero-order valence-corrected chi connectivity index (χ0v) is 14.5. The minimum absolute atomic E-state index is 0.0466. The average molecular weight is 324 g/mol. The number of carbonyl (C=O) groups is 1. The molecule has 5 heteroatoms. The SMILES string of the molecule is Cc1nc(-c2cccc(C(=O)NC(C)C3=CCCCC3)c2)n(C)n1. The van der Waals surface area contributed by atoms with Gasteiger partial charge in [0.2, 0.25) is 0 Å². The molecule has 1 aromatic heterocycles. The summed E-state index contributed by atoms with van der Waals surface area (Å²) in [6, 6.07) is 7.63. The van der Waals surface area contributed by atoms with Crippen molar-refractivity contribution in [1.29, 1.82) is 0 Å². The summed E-state index contributed by atoms with van der Waals surface area (Å²) in [5, 5.41) is 7.38. The number of rotatable bonds is 4. The summed E-state index contributed by atoms with van der Waals surface area (Å²) in [5.74, 6) is 1.44. The number of hydrogen-bond donors (Lipinski definition) is 1. The number of hydrogen-bond acceptors (Lipinski definition) is 3. The average Bonchev–Trinajstić information content (AvgIpc) is 2.94. The van der Waals surface area contributed by atoms with E-state index in [-0.39, 0.29) is 11.9 Å². The Bertz CT molecular complexity index is 775. The van der Waals surface area contributed by atoms with E-state index in [0.29, 0.717) is 5.56 Å². The molecule has 0 radical (unpaired) electrons. The maximum Gasteiger partial charge on any atom is 0.251 e. The first-order valence-electron chi connectivity index (χ1n) is 8.52. The second-order valence-corrected chi connectivity index (χ2v) is 6.41. The summed E-state index contributed by atoms with van der Waals surface area (Å²) in [4.78, 5) is 17.0. The van der Waals surface area contributed by atoms with E-state index in [9.17, 15) is 4.79 Å². The molecule has 0 spiro atoms. The second-order valence-electron chi connectivity index (χ2n) is 6.41. The van der Waals surface area contributed by atoms with Gasteiger partial charge >= 0.3 is 0 Å². The van der Waals surface area contributed by atoms with Crippen LogP contribution in [-0.2, 0) is 7.05 Å². The van der Waals surface area contributed by atoms with Crippen LogP contribution in [0.1, 0.15) is 48.8 Å². The lowest BCUT2D eigenvalue weighted by Gasteiger charge is -2.21. The smallest absolute Gasteiger partial charge is 0.251 e. The fraction of sp³-hybridized carbons (Fsp3) is 0.421. The molecule has 24 heavy (non-hydrogen) atoms. The number of benzene rings is 1. The van der Waals surface area contributed by atoms with Gasteiger partial charge in [-0.3, -0.25) is 4.79 Å². The van der Waals surface area contributed by atoms with Crippen molar-refractivity contribution in [3.8, 4) is 11.4 Å². The highest BCUT2D eigenvalue weighted by atomic mass is 16.1.